The van der Waals surface area contributed by atoms with Gasteiger partial charge in [0.2, 0.25) is 0 Å². The minimum atomic E-state index is -0.324. The number of fused-ring (bicyclic) bond motifs is 1. The summed E-state index contributed by atoms with van der Waals surface area (Å²) in [6.07, 6.45) is 1.85. The lowest BCUT2D eigenvalue weighted by Crippen LogP contribution is -2.19. The first-order valence-corrected chi connectivity index (χ1v) is 9.65. The van der Waals surface area contributed by atoms with Crippen molar-refractivity contribution in [2.75, 3.05) is 6.61 Å². The number of nitrogens with zero attached hydrogens (tertiary/aromatic N) is 1. The zero-order valence-electron chi connectivity index (χ0n) is 15.1. The van der Waals surface area contributed by atoms with Crippen LogP contribution in [0, 0.1) is 5.82 Å². The maximum Gasteiger partial charge on any atom is 0.264 e. The maximum absolute atomic E-state index is 13.0. The molecule has 140 valence electrons. The summed E-state index contributed by atoms with van der Waals surface area (Å²) < 4.78 is 18.7. The second-order valence-corrected chi connectivity index (χ2v) is 7.12. The first-order chi connectivity index (χ1) is 13.6. The Hall–Kier alpha value is -3.12. The molecule has 1 fully saturated rings. The molecule has 1 saturated heterocycles. The number of hydrogen-bond donors (Lipinski definition) is 1. The Kier molecular flexibility index (Phi) is 5.12. The van der Waals surface area contributed by atoms with Crippen LogP contribution in [-0.2, 0) is 4.79 Å². The zero-order valence-corrected chi connectivity index (χ0v) is 15.9. The standard InChI is InChI=1S/C22H17FN2O2S/c1-2-27-19-12-7-14(17-5-3-4-6-18(17)19)13-20-21(26)25-22(28-20)24-16-10-8-15(23)9-11-16/h3-13H,2H2,1H3,(H,24,25,26)/b20-13+. The smallest absolute Gasteiger partial charge is 0.264 e. The average molecular weight is 392 g/mol. The summed E-state index contributed by atoms with van der Waals surface area (Å²) in [6.45, 7) is 2.54. The number of nitrogens with one attached hydrogen (secondary N) is 1. The van der Waals surface area contributed by atoms with E-state index in [1.165, 1.54) is 23.9 Å². The maximum atomic E-state index is 13.0. The van der Waals surface area contributed by atoms with Gasteiger partial charge in [-0.05, 0) is 66.0 Å². The van der Waals surface area contributed by atoms with E-state index in [1.807, 2.05) is 49.4 Å². The largest absolute Gasteiger partial charge is 0.493 e. The van der Waals surface area contributed by atoms with E-state index in [4.69, 9.17) is 4.74 Å². The minimum Gasteiger partial charge on any atom is -0.493 e. The number of carbonyl (C=O) groups is 1. The second-order valence-electron chi connectivity index (χ2n) is 6.09. The Bertz CT molecular complexity index is 1110. The summed E-state index contributed by atoms with van der Waals surface area (Å²) in [7, 11) is 0. The molecule has 0 bridgehead atoms. The van der Waals surface area contributed by atoms with E-state index in [9.17, 15) is 9.18 Å². The molecule has 0 aliphatic carbocycles. The van der Waals surface area contributed by atoms with Crippen molar-refractivity contribution in [3.8, 4) is 5.75 Å². The molecule has 4 rings (SSSR count). The van der Waals surface area contributed by atoms with Gasteiger partial charge in [0.15, 0.2) is 5.17 Å². The Balaban J connectivity index is 1.67. The fraction of sp³-hybridized carbons (Fsp3) is 0.0909. The highest BCUT2D eigenvalue weighted by Gasteiger charge is 2.24. The third-order valence-corrected chi connectivity index (χ3v) is 5.12. The van der Waals surface area contributed by atoms with E-state index in [0.717, 1.165) is 22.1 Å². The summed E-state index contributed by atoms with van der Waals surface area (Å²) in [5.74, 6) is 0.293. The van der Waals surface area contributed by atoms with Gasteiger partial charge in [0.1, 0.15) is 11.6 Å². The Morgan fingerprint density at radius 1 is 1.07 bits per heavy atom. The molecule has 0 saturated carbocycles. The van der Waals surface area contributed by atoms with Crippen molar-refractivity contribution in [3.63, 3.8) is 0 Å². The Morgan fingerprint density at radius 2 is 1.82 bits per heavy atom. The van der Waals surface area contributed by atoms with Gasteiger partial charge in [-0.2, -0.15) is 0 Å². The molecule has 28 heavy (non-hydrogen) atoms. The number of hydrogen-bond acceptors (Lipinski definition) is 4. The third kappa shape index (κ3) is 3.77. The number of ether oxygens (including phenoxy) is 1. The normalized spacial score (nSPS) is 16.7. The van der Waals surface area contributed by atoms with Gasteiger partial charge in [-0.25, -0.2) is 9.38 Å². The lowest BCUT2D eigenvalue weighted by Gasteiger charge is -2.09. The minimum absolute atomic E-state index is 0.205. The van der Waals surface area contributed by atoms with E-state index in [1.54, 1.807) is 12.1 Å². The zero-order chi connectivity index (χ0) is 19.5. The molecule has 1 heterocycles. The molecule has 1 aliphatic rings. The predicted octanol–water partition coefficient (Wildman–Crippen LogP) is 5.27. The molecule has 1 N–H and O–H groups in total. The van der Waals surface area contributed by atoms with Gasteiger partial charge in [-0.3, -0.25) is 4.79 Å². The SMILES string of the molecule is CCOc1ccc(/C=C2/SC(=Nc3ccc(F)cc3)NC2=O)c2ccccc12. The van der Waals surface area contributed by atoms with E-state index in [2.05, 4.69) is 10.3 Å². The number of aliphatic imine (C=N–C) groups is 1. The second kappa shape index (κ2) is 7.86. The number of thioether (sulfide) groups is 1. The van der Waals surface area contributed by atoms with Crippen LogP contribution < -0.4 is 10.1 Å². The molecule has 0 unspecified atom stereocenters. The number of carbonyl (C=O) groups excluding carboxylic acids is 1. The molecule has 0 spiro atoms. The van der Waals surface area contributed by atoms with Crippen LogP contribution in [0.4, 0.5) is 10.1 Å². The molecule has 6 heteroatoms. The van der Waals surface area contributed by atoms with Crippen molar-refractivity contribution >= 4 is 45.4 Å². The van der Waals surface area contributed by atoms with Gasteiger partial charge in [0.05, 0.1) is 17.2 Å². The summed E-state index contributed by atoms with van der Waals surface area (Å²) in [4.78, 5) is 17.3. The van der Waals surface area contributed by atoms with Crippen LogP contribution >= 0.6 is 11.8 Å². The Labute approximate surface area is 166 Å². The van der Waals surface area contributed by atoms with Crippen molar-refractivity contribution in [1.82, 2.24) is 5.32 Å². The van der Waals surface area contributed by atoms with E-state index in [0.29, 0.717) is 22.4 Å². The van der Waals surface area contributed by atoms with E-state index in [-0.39, 0.29) is 11.7 Å². The quantitative estimate of drug-likeness (QED) is 0.616. The summed E-state index contributed by atoms with van der Waals surface area (Å²) in [6, 6.07) is 17.6. The summed E-state index contributed by atoms with van der Waals surface area (Å²) in [5, 5.41) is 5.24. The van der Waals surface area contributed by atoms with Crippen LogP contribution in [0.2, 0.25) is 0 Å². The molecule has 3 aromatic rings. The number of halogens is 1. The van der Waals surface area contributed by atoms with E-state index >= 15 is 0 Å². The molecule has 1 amide bonds. The fourth-order valence-corrected chi connectivity index (χ4v) is 3.79. The molecule has 0 atom stereocenters. The molecular formula is C22H17FN2O2S. The number of rotatable bonds is 4. The molecule has 1 aliphatic heterocycles. The third-order valence-electron chi connectivity index (χ3n) is 4.21. The average Bonchev–Trinajstić information content (AvgIpc) is 3.04. The van der Waals surface area contributed by atoms with Gasteiger partial charge >= 0.3 is 0 Å². The lowest BCUT2D eigenvalue weighted by atomic mass is 10.0. The van der Waals surface area contributed by atoms with Gasteiger partial charge in [0, 0.05) is 5.39 Å². The van der Waals surface area contributed by atoms with Gasteiger partial charge in [-0.15, -0.1) is 0 Å². The monoisotopic (exact) mass is 392 g/mol. The fourth-order valence-electron chi connectivity index (χ4n) is 2.96. The van der Waals surface area contributed by atoms with Crippen molar-refractivity contribution in [1.29, 1.82) is 0 Å². The van der Waals surface area contributed by atoms with Crippen LogP contribution in [0.25, 0.3) is 16.8 Å². The summed E-state index contributed by atoms with van der Waals surface area (Å²) in [5.41, 5.74) is 1.51. The topological polar surface area (TPSA) is 50.7 Å². The highest BCUT2D eigenvalue weighted by Crippen LogP contribution is 2.33. The molecule has 0 radical (unpaired) electrons. The molecule has 3 aromatic carbocycles. The molecule has 4 nitrogen and oxygen atoms in total. The van der Waals surface area contributed by atoms with Gasteiger partial charge < -0.3 is 10.1 Å². The van der Waals surface area contributed by atoms with Crippen LogP contribution in [0.5, 0.6) is 5.75 Å². The Morgan fingerprint density at radius 3 is 2.57 bits per heavy atom. The van der Waals surface area contributed by atoms with Crippen molar-refractivity contribution in [3.05, 3.63) is 76.9 Å². The lowest BCUT2D eigenvalue weighted by molar-refractivity contribution is -0.115. The number of benzene rings is 3. The highest BCUT2D eigenvalue weighted by atomic mass is 32.2. The van der Waals surface area contributed by atoms with Crippen molar-refractivity contribution in [2.45, 2.75) is 6.92 Å². The number of amides is 1. The van der Waals surface area contributed by atoms with Crippen molar-refractivity contribution < 1.29 is 13.9 Å². The predicted molar refractivity (Wildman–Crippen MR) is 112 cm³/mol. The molecule has 0 aromatic heterocycles. The molecular weight excluding hydrogens is 375 g/mol. The summed E-state index contributed by atoms with van der Waals surface area (Å²) >= 11 is 1.26. The van der Waals surface area contributed by atoms with Gasteiger partial charge in [-0.1, -0.05) is 30.3 Å². The van der Waals surface area contributed by atoms with Crippen LogP contribution in [0.15, 0.2) is 70.6 Å². The van der Waals surface area contributed by atoms with Crippen LogP contribution in [-0.4, -0.2) is 17.7 Å². The number of amidine groups is 1. The van der Waals surface area contributed by atoms with E-state index < -0.39 is 0 Å². The first-order valence-electron chi connectivity index (χ1n) is 8.84. The van der Waals surface area contributed by atoms with Gasteiger partial charge in [0.25, 0.3) is 5.91 Å². The van der Waals surface area contributed by atoms with Crippen molar-refractivity contribution in [2.24, 2.45) is 4.99 Å². The van der Waals surface area contributed by atoms with Crippen LogP contribution in [0.1, 0.15) is 12.5 Å². The van der Waals surface area contributed by atoms with Crippen LogP contribution in [0.3, 0.4) is 0 Å². The first kappa shape index (κ1) is 18.3. The highest BCUT2D eigenvalue weighted by molar-refractivity contribution is 8.18.